The van der Waals surface area contributed by atoms with E-state index in [1.165, 1.54) is 23.3 Å². The first kappa shape index (κ1) is 11.2. The number of hydrogen-bond donors (Lipinski definition) is 1. The number of carbonyl (C=O) groups excluding carboxylic acids is 1. The summed E-state index contributed by atoms with van der Waals surface area (Å²) in [7, 11) is 0. The molecule has 0 unspecified atom stereocenters. The fourth-order valence-electron chi connectivity index (χ4n) is 1.42. The Morgan fingerprint density at radius 3 is 2.62 bits per heavy atom. The summed E-state index contributed by atoms with van der Waals surface area (Å²) >= 11 is 2.81. The van der Waals surface area contributed by atoms with Crippen LogP contribution in [0.5, 0.6) is 0 Å². The van der Waals surface area contributed by atoms with E-state index >= 15 is 0 Å². The molecule has 0 aliphatic carbocycles. The maximum Gasteiger partial charge on any atom is 0.253 e. The van der Waals surface area contributed by atoms with E-state index in [1.54, 1.807) is 0 Å². The van der Waals surface area contributed by atoms with Crippen molar-refractivity contribution >= 4 is 29.2 Å². The van der Waals surface area contributed by atoms with Crippen molar-refractivity contribution in [3.05, 3.63) is 35.9 Å². The summed E-state index contributed by atoms with van der Waals surface area (Å²) in [4.78, 5) is 11.4. The van der Waals surface area contributed by atoms with Gasteiger partial charge in [0.2, 0.25) is 0 Å². The van der Waals surface area contributed by atoms with E-state index in [0.717, 1.165) is 9.77 Å². The highest BCUT2D eigenvalue weighted by atomic mass is 32.2. The van der Waals surface area contributed by atoms with Crippen LogP contribution in [0.1, 0.15) is 10.4 Å². The van der Waals surface area contributed by atoms with Gasteiger partial charge in [-0.3, -0.25) is 4.79 Å². The number of primary amides is 1. The molecule has 5 heteroatoms. The molecule has 0 fully saturated rings. The molecule has 1 aromatic heterocycles. The average molecular weight is 250 g/mol. The van der Waals surface area contributed by atoms with Crippen molar-refractivity contribution in [1.29, 1.82) is 0 Å². The van der Waals surface area contributed by atoms with E-state index < -0.39 is 5.91 Å². The van der Waals surface area contributed by atoms with Gasteiger partial charge in [-0.05, 0) is 17.8 Å². The van der Waals surface area contributed by atoms with Crippen molar-refractivity contribution in [3.63, 3.8) is 0 Å². The van der Waals surface area contributed by atoms with Gasteiger partial charge < -0.3 is 5.73 Å². The maximum atomic E-state index is 11.4. The molecule has 0 saturated carbocycles. The molecule has 82 valence electrons. The molecule has 1 heterocycles. The van der Waals surface area contributed by atoms with Crippen molar-refractivity contribution in [1.82, 2.24) is 4.37 Å². The summed E-state index contributed by atoms with van der Waals surface area (Å²) in [6.45, 7) is 0. The summed E-state index contributed by atoms with van der Waals surface area (Å²) < 4.78 is 5.17. The van der Waals surface area contributed by atoms with Gasteiger partial charge >= 0.3 is 0 Å². The van der Waals surface area contributed by atoms with Gasteiger partial charge in [0, 0.05) is 5.56 Å². The van der Waals surface area contributed by atoms with Gasteiger partial charge in [0.15, 0.2) is 0 Å². The minimum absolute atomic E-state index is 0.419. The Balaban J connectivity index is 2.58. The van der Waals surface area contributed by atoms with Gasteiger partial charge in [-0.15, -0.1) is 11.8 Å². The molecule has 0 bridgehead atoms. The summed E-state index contributed by atoms with van der Waals surface area (Å²) in [6.07, 6.45) is 1.91. The first-order valence-corrected chi connectivity index (χ1v) is 6.62. The lowest BCUT2D eigenvalue weighted by Gasteiger charge is -2.00. The van der Waals surface area contributed by atoms with Crippen molar-refractivity contribution in [2.45, 2.75) is 4.21 Å². The van der Waals surface area contributed by atoms with Crippen LogP contribution in [-0.4, -0.2) is 16.5 Å². The molecule has 2 aromatic rings. The summed E-state index contributed by atoms with van der Waals surface area (Å²) in [6, 6.07) is 9.60. The number of nitrogens with zero attached hydrogens (tertiary/aromatic N) is 1. The Morgan fingerprint density at radius 1 is 1.38 bits per heavy atom. The van der Waals surface area contributed by atoms with Crippen molar-refractivity contribution in [3.8, 4) is 11.3 Å². The largest absolute Gasteiger partial charge is 0.365 e. The van der Waals surface area contributed by atoms with E-state index in [2.05, 4.69) is 4.37 Å². The van der Waals surface area contributed by atoms with Crippen LogP contribution in [-0.2, 0) is 0 Å². The molecule has 0 aliphatic rings. The van der Waals surface area contributed by atoms with Crippen LogP contribution < -0.4 is 5.73 Å². The third-order valence-corrected chi connectivity index (χ3v) is 4.08. The van der Waals surface area contributed by atoms with Gasteiger partial charge in [-0.2, -0.15) is 4.37 Å². The summed E-state index contributed by atoms with van der Waals surface area (Å²) in [5, 5.41) is 0. The lowest BCUT2D eigenvalue weighted by Crippen LogP contribution is -2.12. The molecular weight excluding hydrogens is 240 g/mol. The quantitative estimate of drug-likeness (QED) is 0.852. The van der Waals surface area contributed by atoms with E-state index in [0.29, 0.717) is 11.3 Å². The predicted molar refractivity (Wildman–Crippen MR) is 67.8 cm³/mol. The van der Waals surface area contributed by atoms with Crippen LogP contribution >= 0.6 is 23.3 Å². The minimum Gasteiger partial charge on any atom is -0.365 e. The zero-order valence-corrected chi connectivity index (χ0v) is 10.3. The lowest BCUT2D eigenvalue weighted by atomic mass is 10.1. The highest BCUT2D eigenvalue weighted by molar-refractivity contribution is 8.00. The molecule has 2 N–H and O–H groups in total. The van der Waals surface area contributed by atoms with Crippen molar-refractivity contribution in [2.24, 2.45) is 5.73 Å². The van der Waals surface area contributed by atoms with Crippen LogP contribution in [0.3, 0.4) is 0 Å². The monoisotopic (exact) mass is 250 g/mol. The number of amides is 1. The number of aromatic nitrogens is 1. The van der Waals surface area contributed by atoms with E-state index in [4.69, 9.17) is 5.73 Å². The standard InChI is InChI=1S/C11H10N2OS2/c1-15-11-8(10(12)14)9(13-16-11)7-5-3-2-4-6-7/h2-6H,1H3,(H2,12,14). The van der Waals surface area contributed by atoms with Gasteiger partial charge in [-0.1, -0.05) is 30.3 Å². The average Bonchev–Trinajstić information content (AvgIpc) is 2.73. The van der Waals surface area contributed by atoms with Crippen molar-refractivity contribution < 1.29 is 4.79 Å². The van der Waals surface area contributed by atoms with Crippen LogP contribution in [0.2, 0.25) is 0 Å². The van der Waals surface area contributed by atoms with E-state index in [9.17, 15) is 4.79 Å². The van der Waals surface area contributed by atoms with Gasteiger partial charge in [0.05, 0.1) is 15.5 Å². The third-order valence-electron chi connectivity index (χ3n) is 2.14. The molecule has 0 aliphatic heterocycles. The topological polar surface area (TPSA) is 56.0 Å². The molecule has 0 saturated heterocycles. The highest BCUT2D eigenvalue weighted by Crippen LogP contribution is 2.33. The highest BCUT2D eigenvalue weighted by Gasteiger charge is 2.18. The molecule has 2 rings (SSSR count). The number of hydrogen-bond acceptors (Lipinski definition) is 4. The number of carbonyl (C=O) groups is 1. The first-order chi connectivity index (χ1) is 7.74. The van der Waals surface area contributed by atoms with E-state index in [-0.39, 0.29) is 0 Å². The number of thioether (sulfide) groups is 1. The number of rotatable bonds is 3. The Bertz CT molecular complexity index is 508. The zero-order chi connectivity index (χ0) is 11.5. The second-order valence-corrected chi connectivity index (χ2v) is 4.98. The Kier molecular flexibility index (Phi) is 3.26. The Hall–Kier alpha value is -1.33. The van der Waals surface area contributed by atoms with Gasteiger partial charge in [0.25, 0.3) is 5.91 Å². The first-order valence-electron chi connectivity index (χ1n) is 4.63. The molecule has 1 amide bonds. The zero-order valence-electron chi connectivity index (χ0n) is 8.64. The molecule has 16 heavy (non-hydrogen) atoms. The molecular formula is C11H10N2OS2. The van der Waals surface area contributed by atoms with Crippen LogP contribution in [0.4, 0.5) is 0 Å². The van der Waals surface area contributed by atoms with Crippen LogP contribution in [0.25, 0.3) is 11.3 Å². The maximum absolute atomic E-state index is 11.4. The summed E-state index contributed by atoms with van der Waals surface area (Å²) in [5.41, 5.74) is 7.53. The number of nitrogens with two attached hydrogens (primary N) is 1. The summed E-state index contributed by atoms with van der Waals surface area (Å²) in [5.74, 6) is -0.419. The SMILES string of the molecule is CSc1snc(-c2ccccc2)c1C(N)=O. The van der Waals surface area contributed by atoms with Gasteiger partial charge in [-0.25, -0.2) is 0 Å². The third kappa shape index (κ3) is 1.96. The Labute approximate surface area is 102 Å². The second-order valence-electron chi connectivity index (χ2n) is 3.13. The molecule has 0 spiro atoms. The minimum atomic E-state index is -0.419. The molecule has 0 radical (unpaired) electrons. The molecule has 0 atom stereocenters. The fraction of sp³-hybridized carbons (Fsp3) is 0.0909. The lowest BCUT2D eigenvalue weighted by molar-refractivity contribution is 0.0999. The second kappa shape index (κ2) is 4.67. The smallest absolute Gasteiger partial charge is 0.253 e. The number of benzene rings is 1. The fourth-order valence-corrected chi connectivity index (χ4v) is 2.90. The van der Waals surface area contributed by atoms with E-state index in [1.807, 2.05) is 36.6 Å². The van der Waals surface area contributed by atoms with Gasteiger partial charge in [0.1, 0.15) is 0 Å². The van der Waals surface area contributed by atoms with Crippen molar-refractivity contribution in [2.75, 3.05) is 6.26 Å². The normalized spacial score (nSPS) is 10.3. The predicted octanol–water partition coefficient (Wildman–Crippen LogP) is 2.63. The van der Waals surface area contributed by atoms with Crippen LogP contribution in [0.15, 0.2) is 34.5 Å². The van der Waals surface area contributed by atoms with Crippen LogP contribution in [0, 0.1) is 0 Å². The molecule has 3 nitrogen and oxygen atoms in total. The Morgan fingerprint density at radius 2 is 2.06 bits per heavy atom. The molecule has 1 aromatic carbocycles.